The molecule has 1 aromatic carbocycles. The summed E-state index contributed by atoms with van der Waals surface area (Å²) < 4.78 is 66.3. The van der Waals surface area contributed by atoms with E-state index in [4.69, 9.17) is 9.26 Å². The minimum Gasteiger partial charge on any atom is -0.497 e. The van der Waals surface area contributed by atoms with E-state index < -0.39 is 26.2 Å². The lowest BCUT2D eigenvalue weighted by Crippen LogP contribution is -2.42. The summed E-state index contributed by atoms with van der Waals surface area (Å²) in [6, 6.07) is 7.73. The largest absolute Gasteiger partial charge is 0.497 e. The van der Waals surface area contributed by atoms with Crippen LogP contribution in [0.25, 0.3) is 0 Å². The van der Waals surface area contributed by atoms with Crippen LogP contribution in [0.5, 0.6) is 5.75 Å². The van der Waals surface area contributed by atoms with Gasteiger partial charge in [-0.3, -0.25) is 0 Å². The van der Waals surface area contributed by atoms with Crippen molar-refractivity contribution in [2.45, 2.75) is 69.6 Å². The summed E-state index contributed by atoms with van der Waals surface area (Å²) in [7, 11) is -6.08. The molecule has 1 aromatic heterocycles. The first-order valence-corrected chi connectivity index (χ1v) is 16.2. The Morgan fingerprint density at radius 2 is 1.74 bits per heavy atom. The van der Waals surface area contributed by atoms with Crippen molar-refractivity contribution >= 4 is 20.0 Å². The Morgan fingerprint density at radius 1 is 1.08 bits per heavy atom. The fourth-order valence-electron chi connectivity index (χ4n) is 4.78. The maximum atomic E-state index is 13.4. The van der Waals surface area contributed by atoms with Crippen LogP contribution in [0.1, 0.15) is 57.4 Å². The van der Waals surface area contributed by atoms with E-state index in [1.54, 1.807) is 25.1 Å². The van der Waals surface area contributed by atoms with Gasteiger partial charge >= 0.3 is 0 Å². The van der Waals surface area contributed by atoms with Crippen LogP contribution in [0.3, 0.4) is 0 Å². The highest BCUT2D eigenvalue weighted by Gasteiger charge is 2.31. The van der Waals surface area contributed by atoms with Crippen molar-refractivity contribution in [2.24, 2.45) is 11.8 Å². The van der Waals surface area contributed by atoms with Gasteiger partial charge in [0.05, 0.1) is 18.1 Å². The Balaban J connectivity index is 1.72. The molecule has 1 aliphatic rings. The summed E-state index contributed by atoms with van der Waals surface area (Å²) in [6.45, 7) is 6.08. The van der Waals surface area contributed by atoms with Gasteiger partial charge in [0, 0.05) is 32.2 Å². The average molecular weight is 572 g/mol. The molecule has 0 aliphatic heterocycles. The monoisotopic (exact) mass is 571 g/mol. The SMILES string of the molecule is COc1ccc(S(=O)(=O)N(CC(C)C)C[C@@H](O)CCN(CC2CCCC2)S(=O)(=O)Cc2cc(C)on2)cc1. The molecule has 1 aliphatic carbocycles. The molecular formula is C26H41N3O7S2. The van der Waals surface area contributed by atoms with Gasteiger partial charge in [-0.05, 0) is 62.3 Å². The molecule has 0 unspecified atom stereocenters. The number of sulfonamides is 2. The first-order valence-electron chi connectivity index (χ1n) is 13.1. The number of hydrogen-bond acceptors (Lipinski definition) is 8. The second-order valence-corrected chi connectivity index (χ2v) is 14.4. The first kappa shape index (κ1) is 30.6. The highest BCUT2D eigenvalue weighted by atomic mass is 32.2. The van der Waals surface area contributed by atoms with Crippen LogP contribution in [0, 0.1) is 18.8 Å². The molecule has 1 atom stereocenters. The molecule has 1 N–H and O–H groups in total. The molecule has 1 heterocycles. The number of ether oxygens (including phenoxy) is 1. The van der Waals surface area contributed by atoms with Crippen LogP contribution in [0.2, 0.25) is 0 Å². The van der Waals surface area contributed by atoms with Crippen molar-refractivity contribution in [1.29, 1.82) is 0 Å². The summed E-state index contributed by atoms with van der Waals surface area (Å²) in [5.41, 5.74) is 0.341. The van der Waals surface area contributed by atoms with Gasteiger partial charge in [0.25, 0.3) is 0 Å². The molecule has 1 fully saturated rings. The zero-order valence-electron chi connectivity index (χ0n) is 22.7. The minimum absolute atomic E-state index is 0.0281. The van der Waals surface area contributed by atoms with Crippen molar-refractivity contribution in [1.82, 2.24) is 13.8 Å². The molecule has 10 nitrogen and oxygen atoms in total. The third-order valence-electron chi connectivity index (χ3n) is 6.73. The Bertz CT molecular complexity index is 1220. The van der Waals surface area contributed by atoms with Crippen LogP contribution in [0.15, 0.2) is 39.8 Å². The van der Waals surface area contributed by atoms with Crippen LogP contribution < -0.4 is 4.74 Å². The number of hydrogen-bond donors (Lipinski definition) is 1. The van der Waals surface area contributed by atoms with Crippen molar-refractivity contribution in [2.75, 3.05) is 33.3 Å². The fourth-order valence-corrected chi connectivity index (χ4v) is 7.94. The number of benzene rings is 1. The Kier molecular flexibility index (Phi) is 10.8. The zero-order chi connectivity index (χ0) is 27.9. The predicted octanol–water partition coefficient (Wildman–Crippen LogP) is 3.41. The van der Waals surface area contributed by atoms with Gasteiger partial charge in [-0.2, -0.15) is 4.31 Å². The second-order valence-electron chi connectivity index (χ2n) is 10.5. The predicted molar refractivity (Wildman–Crippen MR) is 145 cm³/mol. The van der Waals surface area contributed by atoms with E-state index >= 15 is 0 Å². The van der Waals surface area contributed by atoms with Gasteiger partial charge in [0.1, 0.15) is 23.0 Å². The van der Waals surface area contributed by atoms with Gasteiger partial charge in [-0.25, -0.2) is 21.1 Å². The van der Waals surface area contributed by atoms with Crippen LogP contribution in [-0.4, -0.2) is 75.1 Å². The molecule has 0 radical (unpaired) electrons. The summed E-state index contributed by atoms with van der Waals surface area (Å²) in [6.07, 6.45) is 3.17. The van der Waals surface area contributed by atoms with Crippen molar-refractivity contribution in [3.63, 3.8) is 0 Å². The van der Waals surface area contributed by atoms with Crippen molar-refractivity contribution < 1.29 is 31.2 Å². The van der Waals surface area contributed by atoms with E-state index in [-0.39, 0.29) is 48.5 Å². The Morgan fingerprint density at radius 3 is 2.29 bits per heavy atom. The van der Waals surface area contributed by atoms with E-state index in [1.807, 2.05) is 13.8 Å². The molecule has 1 saturated carbocycles. The molecule has 0 amide bonds. The minimum atomic E-state index is -3.87. The number of aliphatic hydroxyl groups excluding tert-OH is 1. The Labute approximate surface area is 227 Å². The number of aliphatic hydroxyl groups is 1. The standard InChI is InChI=1S/C26H41N3O7S2/c1-20(2)16-29(38(33,34)26-11-9-25(35-4)10-12-26)18-24(30)13-14-28(17-22-7-5-6-8-22)37(31,32)19-23-15-21(3)36-27-23/h9-12,15,20,22,24,30H,5-8,13-14,16-19H2,1-4H3/t24-/m0/s1. The molecule has 2 aromatic rings. The van der Waals surface area contributed by atoms with Crippen molar-refractivity contribution in [3.8, 4) is 5.75 Å². The van der Waals surface area contributed by atoms with E-state index in [1.165, 1.54) is 27.9 Å². The molecular weight excluding hydrogens is 530 g/mol. The summed E-state index contributed by atoms with van der Waals surface area (Å²) in [4.78, 5) is 0.111. The molecule has 3 rings (SSSR count). The fraction of sp³-hybridized carbons (Fsp3) is 0.654. The van der Waals surface area contributed by atoms with E-state index in [0.29, 0.717) is 23.7 Å². The van der Waals surface area contributed by atoms with Crippen molar-refractivity contribution in [3.05, 3.63) is 41.8 Å². The third kappa shape index (κ3) is 8.51. The van der Waals surface area contributed by atoms with Gasteiger partial charge in [0.15, 0.2) is 0 Å². The highest BCUT2D eigenvalue weighted by Crippen LogP contribution is 2.27. The van der Waals surface area contributed by atoms with Gasteiger partial charge in [-0.15, -0.1) is 0 Å². The van der Waals surface area contributed by atoms with Gasteiger partial charge in [0.2, 0.25) is 20.0 Å². The number of methoxy groups -OCH3 is 1. The lowest BCUT2D eigenvalue weighted by molar-refractivity contribution is 0.125. The number of rotatable bonds is 15. The van der Waals surface area contributed by atoms with E-state index in [0.717, 1.165) is 25.7 Å². The first-order chi connectivity index (χ1) is 17.9. The highest BCUT2D eigenvalue weighted by molar-refractivity contribution is 7.89. The maximum Gasteiger partial charge on any atom is 0.243 e. The smallest absolute Gasteiger partial charge is 0.243 e. The summed E-state index contributed by atoms with van der Waals surface area (Å²) in [5.74, 6) is 1.10. The number of nitrogens with zero attached hydrogens (tertiary/aromatic N) is 3. The van der Waals surface area contributed by atoms with Crippen LogP contribution in [-0.2, 0) is 25.8 Å². The molecule has 0 bridgehead atoms. The average Bonchev–Trinajstić information content (AvgIpc) is 3.52. The quantitative estimate of drug-likeness (QED) is 0.344. The van der Waals surface area contributed by atoms with Crippen LogP contribution in [0.4, 0.5) is 0 Å². The molecule has 38 heavy (non-hydrogen) atoms. The van der Waals surface area contributed by atoms with Gasteiger partial charge < -0.3 is 14.4 Å². The molecule has 0 saturated heterocycles. The molecule has 214 valence electrons. The van der Waals surface area contributed by atoms with Gasteiger partial charge in [-0.1, -0.05) is 31.8 Å². The topological polar surface area (TPSA) is 130 Å². The number of aryl methyl sites for hydroxylation is 1. The molecule has 0 spiro atoms. The second kappa shape index (κ2) is 13.4. The Hall–Kier alpha value is -1.99. The lowest BCUT2D eigenvalue weighted by Gasteiger charge is -2.29. The summed E-state index contributed by atoms with van der Waals surface area (Å²) in [5, 5.41) is 14.8. The lowest BCUT2D eigenvalue weighted by atomic mass is 10.1. The third-order valence-corrected chi connectivity index (χ3v) is 10.4. The number of aromatic nitrogens is 1. The maximum absolute atomic E-state index is 13.4. The zero-order valence-corrected chi connectivity index (χ0v) is 24.4. The molecule has 12 heteroatoms. The summed E-state index contributed by atoms with van der Waals surface area (Å²) >= 11 is 0. The van der Waals surface area contributed by atoms with Crippen LogP contribution >= 0.6 is 0 Å². The van der Waals surface area contributed by atoms with E-state index in [9.17, 15) is 21.9 Å². The normalized spacial score (nSPS) is 16.1. The van der Waals surface area contributed by atoms with E-state index in [2.05, 4.69) is 5.16 Å².